The topological polar surface area (TPSA) is 52.0 Å². The van der Waals surface area contributed by atoms with Crippen LogP contribution in [0.1, 0.15) is 38.9 Å². The Morgan fingerprint density at radius 3 is 2.90 bits per heavy atom. The molecule has 0 radical (unpaired) electrons. The molecule has 5 nitrogen and oxygen atoms in total. The van der Waals surface area contributed by atoms with E-state index in [1.807, 2.05) is 29.1 Å². The predicted octanol–water partition coefficient (Wildman–Crippen LogP) is 3.15. The molecule has 0 saturated carbocycles. The third kappa shape index (κ3) is 4.06. The SMILES string of the molecule is CCCNCc1cccc(Oc2cnn(C(C)C)c2)n1. The van der Waals surface area contributed by atoms with Crippen LogP contribution in [0.4, 0.5) is 0 Å². The summed E-state index contributed by atoms with van der Waals surface area (Å²) >= 11 is 0. The van der Waals surface area contributed by atoms with E-state index >= 15 is 0 Å². The van der Waals surface area contributed by atoms with Crippen LogP contribution < -0.4 is 10.1 Å². The number of hydrogen-bond acceptors (Lipinski definition) is 4. The fraction of sp³-hybridized carbons (Fsp3) is 0.467. The zero-order valence-electron chi connectivity index (χ0n) is 12.3. The third-order valence-corrected chi connectivity index (χ3v) is 2.84. The van der Waals surface area contributed by atoms with E-state index in [0.29, 0.717) is 17.7 Å². The predicted molar refractivity (Wildman–Crippen MR) is 78.9 cm³/mol. The minimum atomic E-state index is 0.324. The molecule has 1 N–H and O–H groups in total. The lowest BCUT2D eigenvalue weighted by molar-refractivity contribution is 0.456. The Kier molecular flexibility index (Phi) is 5.12. The van der Waals surface area contributed by atoms with E-state index in [1.54, 1.807) is 6.20 Å². The van der Waals surface area contributed by atoms with Crippen molar-refractivity contribution in [2.24, 2.45) is 0 Å². The van der Waals surface area contributed by atoms with Crippen LogP contribution >= 0.6 is 0 Å². The van der Waals surface area contributed by atoms with Crippen molar-refractivity contribution < 1.29 is 4.74 Å². The van der Waals surface area contributed by atoms with E-state index in [0.717, 1.165) is 25.2 Å². The summed E-state index contributed by atoms with van der Waals surface area (Å²) in [4.78, 5) is 4.47. The van der Waals surface area contributed by atoms with Gasteiger partial charge in [-0.25, -0.2) is 4.98 Å². The number of rotatable bonds is 7. The average Bonchev–Trinajstić information content (AvgIpc) is 2.88. The van der Waals surface area contributed by atoms with Gasteiger partial charge >= 0.3 is 0 Å². The van der Waals surface area contributed by atoms with Gasteiger partial charge in [0, 0.05) is 18.7 Å². The Bertz CT molecular complexity index is 536. The lowest BCUT2D eigenvalue weighted by Crippen LogP contribution is -2.14. The molecule has 0 aromatic carbocycles. The maximum absolute atomic E-state index is 5.73. The van der Waals surface area contributed by atoms with Gasteiger partial charge in [-0.1, -0.05) is 13.0 Å². The van der Waals surface area contributed by atoms with Crippen LogP contribution in [0, 0.1) is 0 Å². The molecule has 0 fully saturated rings. The van der Waals surface area contributed by atoms with Gasteiger partial charge in [-0.05, 0) is 32.9 Å². The first-order valence-corrected chi connectivity index (χ1v) is 7.07. The summed E-state index contributed by atoms with van der Waals surface area (Å²) in [5.74, 6) is 1.31. The molecule has 0 unspecified atom stereocenters. The molecule has 5 heteroatoms. The highest BCUT2D eigenvalue weighted by atomic mass is 16.5. The first-order valence-electron chi connectivity index (χ1n) is 7.07. The van der Waals surface area contributed by atoms with Gasteiger partial charge < -0.3 is 10.1 Å². The van der Waals surface area contributed by atoms with Crippen molar-refractivity contribution in [2.45, 2.75) is 39.8 Å². The Morgan fingerprint density at radius 2 is 2.20 bits per heavy atom. The van der Waals surface area contributed by atoms with Crippen LogP contribution in [0.25, 0.3) is 0 Å². The molecule has 2 aromatic heterocycles. The van der Waals surface area contributed by atoms with Crippen molar-refractivity contribution in [2.75, 3.05) is 6.54 Å². The lowest BCUT2D eigenvalue weighted by atomic mass is 10.3. The molecule has 108 valence electrons. The summed E-state index contributed by atoms with van der Waals surface area (Å²) in [6.45, 7) is 8.06. The molecule has 0 aliphatic carbocycles. The van der Waals surface area contributed by atoms with Crippen molar-refractivity contribution in [3.8, 4) is 11.6 Å². The number of hydrogen-bond donors (Lipinski definition) is 1. The summed E-state index contributed by atoms with van der Waals surface area (Å²) in [5, 5.41) is 7.57. The van der Waals surface area contributed by atoms with Gasteiger partial charge in [-0.3, -0.25) is 4.68 Å². The second kappa shape index (κ2) is 7.05. The first-order chi connectivity index (χ1) is 9.69. The van der Waals surface area contributed by atoms with Crippen LogP contribution in [-0.2, 0) is 6.54 Å². The van der Waals surface area contributed by atoms with Gasteiger partial charge in [0.2, 0.25) is 5.88 Å². The monoisotopic (exact) mass is 274 g/mol. The summed E-state index contributed by atoms with van der Waals surface area (Å²) in [6, 6.07) is 6.13. The molecule has 0 aliphatic rings. The molecule has 2 heterocycles. The van der Waals surface area contributed by atoms with Gasteiger partial charge in [0.15, 0.2) is 5.75 Å². The van der Waals surface area contributed by atoms with Crippen molar-refractivity contribution in [3.05, 3.63) is 36.3 Å². The Balaban J connectivity index is 1.99. The van der Waals surface area contributed by atoms with E-state index in [9.17, 15) is 0 Å². The summed E-state index contributed by atoms with van der Waals surface area (Å²) < 4.78 is 7.60. The Labute approximate surface area is 120 Å². The highest BCUT2D eigenvalue weighted by Crippen LogP contribution is 2.20. The zero-order valence-corrected chi connectivity index (χ0v) is 12.3. The van der Waals surface area contributed by atoms with E-state index < -0.39 is 0 Å². The second-order valence-corrected chi connectivity index (χ2v) is 5.00. The van der Waals surface area contributed by atoms with Crippen LogP contribution in [0.3, 0.4) is 0 Å². The van der Waals surface area contributed by atoms with Crippen LogP contribution in [0.5, 0.6) is 11.6 Å². The Hall–Kier alpha value is -1.88. The number of nitrogens with one attached hydrogen (secondary N) is 1. The summed E-state index contributed by atoms with van der Waals surface area (Å²) in [7, 11) is 0. The van der Waals surface area contributed by atoms with Crippen molar-refractivity contribution in [1.29, 1.82) is 0 Å². The van der Waals surface area contributed by atoms with Crippen molar-refractivity contribution in [1.82, 2.24) is 20.1 Å². The van der Waals surface area contributed by atoms with Gasteiger partial charge in [0.1, 0.15) is 0 Å². The number of ether oxygens (including phenoxy) is 1. The molecule has 0 spiro atoms. The fourth-order valence-corrected chi connectivity index (χ4v) is 1.78. The maximum atomic E-state index is 5.73. The molecule has 2 aromatic rings. The number of aromatic nitrogens is 3. The number of pyridine rings is 1. The quantitative estimate of drug-likeness (QED) is 0.788. The molecule has 2 rings (SSSR count). The molecule has 0 aliphatic heterocycles. The maximum Gasteiger partial charge on any atom is 0.219 e. The van der Waals surface area contributed by atoms with E-state index in [1.165, 1.54) is 0 Å². The van der Waals surface area contributed by atoms with E-state index in [4.69, 9.17) is 4.74 Å². The van der Waals surface area contributed by atoms with Crippen LogP contribution in [0.15, 0.2) is 30.6 Å². The molecule has 0 amide bonds. The second-order valence-electron chi connectivity index (χ2n) is 5.00. The molecule has 20 heavy (non-hydrogen) atoms. The highest BCUT2D eigenvalue weighted by molar-refractivity contribution is 5.23. The minimum absolute atomic E-state index is 0.324. The number of nitrogens with zero attached hydrogens (tertiary/aromatic N) is 3. The van der Waals surface area contributed by atoms with Crippen LogP contribution in [0.2, 0.25) is 0 Å². The highest BCUT2D eigenvalue weighted by Gasteiger charge is 2.05. The first kappa shape index (κ1) is 14.5. The van der Waals surface area contributed by atoms with Crippen molar-refractivity contribution in [3.63, 3.8) is 0 Å². The van der Waals surface area contributed by atoms with Gasteiger partial charge in [0.05, 0.1) is 18.1 Å². The summed E-state index contributed by atoms with van der Waals surface area (Å²) in [5.41, 5.74) is 0.979. The molecule has 0 saturated heterocycles. The smallest absolute Gasteiger partial charge is 0.219 e. The van der Waals surface area contributed by atoms with Gasteiger partial charge in [-0.15, -0.1) is 0 Å². The summed E-state index contributed by atoms with van der Waals surface area (Å²) in [6.07, 6.45) is 4.71. The molecule has 0 atom stereocenters. The Morgan fingerprint density at radius 1 is 1.35 bits per heavy atom. The average molecular weight is 274 g/mol. The van der Waals surface area contributed by atoms with Crippen molar-refractivity contribution >= 4 is 0 Å². The molecular formula is C15H22N4O. The van der Waals surface area contributed by atoms with E-state index in [2.05, 4.69) is 36.2 Å². The zero-order chi connectivity index (χ0) is 14.4. The fourth-order valence-electron chi connectivity index (χ4n) is 1.78. The lowest BCUT2D eigenvalue weighted by Gasteiger charge is -2.06. The standard InChI is InChI=1S/C15H22N4O/c1-4-8-16-9-13-6-5-7-15(18-13)20-14-10-17-19(11-14)12(2)3/h5-7,10-12,16H,4,8-9H2,1-3H3. The van der Waals surface area contributed by atoms with Gasteiger partial charge in [-0.2, -0.15) is 5.10 Å². The van der Waals surface area contributed by atoms with E-state index in [-0.39, 0.29) is 0 Å². The molecule has 0 bridgehead atoms. The molecular weight excluding hydrogens is 252 g/mol. The third-order valence-electron chi connectivity index (χ3n) is 2.84. The normalized spacial score (nSPS) is 11.0. The largest absolute Gasteiger partial charge is 0.436 e. The van der Waals surface area contributed by atoms with Crippen LogP contribution in [-0.4, -0.2) is 21.3 Å². The minimum Gasteiger partial charge on any atom is -0.436 e. The van der Waals surface area contributed by atoms with Gasteiger partial charge in [0.25, 0.3) is 0 Å².